The first-order valence-corrected chi connectivity index (χ1v) is 7.47. The van der Waals surface area contributed by atoms with Gasteiger partial charge in [0.05, 0.1) is 11.4 Å². The van der Waals surface area contributed by atoms with E-state index in [-0.39, 0.29) is 5.91 Å². The molecule has 1 amide bonds. The van der Waals surface area contributed by atoms with E-state index in [1.165, 1.54) is 0 Å². The average Bonchev–Trinajstić information content (AvgIpc) is 2.96. The number of anilines is 1. The zero-order chi connectivity index (χ0) is 16.4. The molecule has 116 valence electrons. The van der Waals surface area contributed by atoms with Crippen molar-refractivity contribution in [2.75, 3.05) is 11.9 Å². The molecule has 0 saturated carbocycles. The lowest BCUT2D eigenvalue weighted by Gasteiger charge is -2.16. The van der Waals surface area contributed by atoms with Crippen LogP contribution in [0.1, 0.15) is 16.2 Å². The number of carbonyl (C=O) groups excluding carboxylic acids is 1. The highest BCUT2D eigenvalue weighted by Crippen LogP contribution is 2.19. The van der Waals surface area contributed by atoms with Gasteiger partial charge in [-0.25, -0.2) is 4.68 Å². The lowest BCUT2D eigenvalue weighted by atomic mass is 10.2. The standard InChI is InChI=1S/C17H15ClN4O/c1-12-16(17(23)21(2)14-8-4-3-5-9-14)19-20-22(12)15-10-6-7-13(18)11-15/h3-11H,1-2H3. The fourth-order valence-corrected chi connectivity index (χ4v) is 2.49. The Balaban J connectivity index is 1.94. The molecule has 0 bridgehead atoms. The van der Waals surface area contributed by atoms with E-state index in [2.05, 4.69) is 10.3 Å². The van der Waals surface area contributed by atoms with Crippen LogP contribution in [0.15, 0.2) is 54.6 Å². The summed E-state index contributed by atoms with van der Waals surface area (Å²) in [5.74, 6) is -0.207. The van der Waals surface area contributed by atoms with Crippen molar-refractivity contribution in [3.05, 3.63) is 71.0 Å². The van der Waals surface area contributed by atoms with Crippen molar-refractivity contribution in [3.8, 4) is 5.69 Å². The fourth-order valence-electron chi connectivity index (χ4n) is 2.31. The number of rotatable bonds is 3. The third-order valence-electron chi connectivity index (χ3n) is 3.60. The predicted molar refractivity (Wildman–Crippen MR) is 90.3 cm³/mol. The third-order valence-corrected chi connectivity index (χ3v) is 3.83. The summed E-state index contributed by atoms with van der Waals surface area (Å²) in [6.07, 6.45) is 0. The van der Waals surface area contributed by atoms with Crippen LogP contribution < -0.4 is 4.90 Å². The summed E-state index contributed by atoms with van der Waals surface area (Å²) in [5, 5.41) is 8.74. The van der Waals surface area contributed by atoms with Crippen LogP contribution in [-0.4, -0.2) is 27.9 Å². The van der Waals surface area contributed by atoms with E-state index in [0.717, 1.165) is 11.4 Å². The van der Waals surface area contributed by atoms with Crippen LogP contribution in [0.5, 0.6) is 0 Å². The van der Waals surface area contributed by atoms with Crippen molar-refractivity contribution in [1.29, 1.82) is 0 Å². The van der Waals surface area contributed by atoms with Gasteiger partial charge in [-0.3, -0.25) is 4.79 Å². The number of hydrogen-bond donors (Lipinski definition) is 0. The van der Waals surface area contributed by atoms with Gasteiger partial charge in [0.25, 0.3) is 5.91 Å². The van der Waals surface area contributed by atoms with Crippen molar-refractivity contribution >= 4 is 23.2 Å². The summed E-state index contributed by atoms with van der Waals surface area (Å²) in [6.45, 7) is 1.81. The number of hydrogen-bond acceptors (Lipinski definition) is 3. The number of halogens is 1. The molecule has 1 heterocycles. The molecule has 0 aliphatic heterocycles. The first-order chi connectivity index (χ1) is 11.1. The monoisotopic (exact) mass is 326 g/mol. The molecular formula is C17H15ClN4O. The maximum Gasteiger partial charge on any atom is 0.280 e. The Morgan fingerprint density at radius 3 is 2.57 bits per heavy atom. The highest BCUT2D eigenvalue weighted by molar-refractivity contribution is 6.30. The predicted octanol–water partition coefficient (Wildman–Crippen LogP) is 3.51. The lowest BCUT2D eigenvalue weighted by Crippen LogP contribution is -2.27. The summed E-state index contributed by atoms with van der Waals surface area (Å²) in [5.41, 5.74) is 2.55. The van der Waals surface area contributed by atoms with Crippen LogP contribution in [0.3, 0.4) is 0 Å². The molecule has 23 heavy (non-hydrogen) atoms. The Bertz CT molecular complexity index is 845. The molecule has 0 spiro atoms. The topological polar surface area (TPSA) is 51.0 Å². The number of nitrogens with zero attached hydrogens (tertiary/aromatic N) is 4. The van der Waals surface area contributed by atoms with Gasteiger partial charge in [-0.1, -0.05) is 41.1 Å². The van der Waals surface area contributed by atoms with Crippen molar-refractivity contribution < 1.29 is 4.79 Å². The van der Waals surface area contributed by atoms with E-state index in [4.69, 9.17) is 11.6 Å². The molecule has 0 radical (unpaired) electrons. The molecular weight excluding hydrogens is 312 g/mol. The third kappa shape index (κ3) is 2.96. The molecule has 0 fully saturated rings. The second kappa shape index (κ2) is 6.22. The highest BCUT2D eigenvalue weighted by atomic mass is 35.5. The Labute approximate surface area is 139 Å². The molecule has 3 rings (SSSR count). The maximum absolute atomic E-state index is 12.7. The van der Waals surface area contributed by atoms with E-state index >= 15 is 0 Å². The molecule has 0 aliphatic rings. The van der Waals surface area contributed by atoms with Crippen molar-refractivity contribution in [2.45, 2.75) is 6.92 Å². The normalized spacial score (nSPS) is 10.6. The first kappa shape index (κ1) is 15.2. The Kier molecular flexibility index (Phi) is 4.12. The molecule has 0 N–H and O–H groups in total. The molecule has 2 aromatic carbocycles. The van der Waals surface area contributed by atoms with Gasteiger partial charge < -0.3 is 4.90 Å². The summed E-state index contributed by atoms with van der Waals surface area (Å²) in [4.78, 5) is 14.2. The molecule has 1 aromatic heterocycles. The second-order valence-corrected chi connectivity index (χ2v) is 5.55. The van der Waals surface area contributed by atoms with E-state index in [1.54, 1.807) is 28.8 Å². The van der Waals surface area contributed by atoms with Gasteiger partial charge in [-0.15, -0.1) is 5.10 Å². The highest BCUT2D eigenvalue weighted by Gasteiger charge is 2.21. The Morgan fingerprint density at radius 2 is 1.87 bits per heavy atom. The summed E-state index contributed by atoms with van der Waals surface area (Å²) < 4.78 is 1.61. The minimum absolute atomic E-state index is 0.207. The average molecular weight is 327 g/mol. The van der Waals surface area contributed by atoms with Crippen LogP contribution in [-0.2, 0) is 0 Å². The zero-order valence-electron chi connectivity index (χ0n) is 12.8. The van der Waals surface area contributed by atoms with Crippen LogP contribution >= 0.6 is 11.6 Å². The molecule has 0 aliphatic carbocycles. The smallest absolute Gasteiger partial charge is 0.280 e. The summed E-state index contributed by atoms with van der Waals surface area (Å²) in [6, 6.07) is 16.7. The number of para-hydroxylation sites is 1. The molecule has 0 atom stereocenters. The molecule has 0 saturated heterocycles. The minimum Gasteiger partial charge on any atom is -0.310 e. The summed E-state index contributed by atoms with van der Waals surface area (Å²) >= 11 is 6.01. The maximum atomic E-state index is 12.7. The SMILES string of the molecule is Cc1c(C(=O)N(C)c2ccccc2)nnn1-c1cccc(Cl)c1. The van der Waals surface area contributed by atoms with Gasteiger partial charge in [0.15, 0.2) is 5.69 Å². The molecule has 6 heteroatoms. The number of carbonyl (C=O) groups is 1. The van der Waals surface area contributed by atoms with Gasteiger partial charge in [0.2, 0.25) is 0 Å². The van der Waals surface area contributed by atoms with Crippen LogP contribution in [0.2, 0.25) is 5.02 Å². The Morgan fingerprint density at radius 1 is 1.13 bits per heavy atom. The van der Waals surface area contributed by atoms with Crippen LogP contribution in [0.4, 0.5) is 5.69 Å². The van der Waals surface area contributed by atoms with Gasteiger partial charge in [-0.2, -0.15) is 0 Å². The molecule has 5 nitrogen and oxygen atoms in total. The van der Waals surface area contributed by atoms with E-state index in [0.29, 0.717) is 16.4 Å². The Hall–Kier alpha value is -2.66. The largest absolute Gasteiger partial charge is 0.310 e. The second-order valence-electron chi connectivity index (χ2n) is 5.11. The van der Waals surface area contributed by atoms with Crippen LogP contribution in [0.25, 0.3) is 5.69 Å². The fraction of sp³-hybridized carbons (Fsp3) is 0.118. The van der Waals surface area contributed by atoms with E-state index in [9.17, 15) is 4.79 Å². The zero-order valence-corrected chi connectivity index (χ0v) is 13.5. The first-order valence-electron chi connectivity index (χ1n) is 7.09. The van der Waals surface area contributed by atoms with Crippen molar-refractivity contribution in [2.24, 2.45) is 0 Å². The van der Waals surface area contributed by atoms with Crippen molar-refractivity contribution in [3.63, 3.8) is 0 Å². The van der Waals surface area contributed by atoms with Gasteiger partial charge in [0.1, 0.15) is 0 Å². The molecule has 3 aromatic rings. The molecule has 0 unspecified atom stereocenters. The van der Waals surface area contributed by atoms with Crippen molar-refractivity contribution in [1.82, 2.24) is 15.0 Å². The summed E-state index contributed by atoms with van der Waals surface area (Å²) in [7, 11) is 1.72. The number of aromatic nitrogens is 3. The minimum atomic E-state index is -0.207. The van der Waals surface area contributed by atoms with Crippen LogP contribution in [0, 0.1) is 6.92 Å². The quantitative estimate of drug-likeness (QED) is 0.740. The van der Waals surface area contributed by atoms with Gasteiger partial charge >= 0.3 is 0 Å². The van der Waals surface area contributed by atoms with E-state index in [1.807, 2.05) is 49.4 Å². The van der Waals surface area contributed by atoms with E-state index < -0.39 is 0 Å². The lowest BCUT2D eigenvalue weighted by molar-refractivity contribution is 0.0987. The number of benzene rings is 2. The van der Waals surface area contributed by atoms with Gasteiger partial charge in [-0.05, 0) is 37.3 Å². The van der Waals surface area contributed by atoms with Gasteiger partial charge in [0, 0.05) is 17.8 Å². The number of amides is 1.